The predicted molar refractivity (Wildman–Crippen MR) is 96.2 cm³/mol. The normalized spacial score (nSPS) is 12.5. The number of ketones is 1. The highest BCUT2D eigenvalue weighted by Crippen LogP contribution is 2.28. The molecule has 23 heavy (non-hydrogen) atoms. The van der Waals surface area contributed by atoms with Crippen LogP contribution in [-0.4, -0.2) is 10.4 Å². The molecule has 118 valence electrons. The van der Waals surface area contributed by atoms with Gasteiger partial charge in [-0.3, -0.25) is 4.79 Å². The molecule has 2 heteroatoms. The van der Waals surface area contributed by atoms with E-state index in [9.17, 15) is 4.79 Å². The van der Waals surface area contributed by atoms with Crippen LogP contribution in [0.4, 0.5) is 0 Å². The maximum Gasteiger partial charge on any atom is 0.195 e. The third kappa shape index (κ3) is 2.94. The molecule has 0 aliphatic carbocycles. The molecular formula is C21H23NO. The number of aryl methyl sites for hydroxylation is 1. The van der Waals surface area contributed by atoms with E-state index in [2.05, 4.69) is 24.5 Å². The average molecular weight is 305 g/mol. The zero-order valence-corrected chi connectivity index (χ0v) is 14.0. The maximum atomic E-state index is 13.0. The van der Waals surface area contributed by atoms with Crippen molar-refractivity contribution in [3.05, 3.63) is 71.4 Å². The first-order chi connectivity index (χ1) is 11.1. The van der Waals surface area contributed by atoms with Gasteiger partial charge in [0.25, 0.3) is 0 Å². The molecule has 1 atom stereocenters. The summed E-state index contributed by atoms with van der Waals surface area (Å²) in [7, 11) is 0. The number of carbonyl (C=O) groups excluding carboxylic acids is 1. The van der Waals surface area contributed by atoms with Crippen molar-refractivity contribution in [2.45, 2.75) is 39.7 Å². The van der Waals surface area contributed by atoms with Gasteiger partial charge in [0.2, 0.25) is 0 Å². The van der Waals surface area contributed by atoms with E-state index in [0.717, 1.165) is 34.9 Å². The molecule has 1 aromatic heterocycles. The Hall–Kier alpha value is -2.35. The number of carbonyl (C=O) groups is 1. The van der Waals surface area contributed by atoms with Crippen LogP contribution in [0.25, 0.3) is 10.9 Å². The van der Waals surface area contributed by atoms with E-state index in [-0.39, 0.29) is 5.78 Å². The van der Waals surface area contributed by atoms with Gasteiger partial charge in [-0.25, -0.2) is 0 Å². The molecule has 0 aliphatic rings. The van der Waals surface area contributed by atoms with E-state index in [4.69, 9.17) is 0 Å². The third-order valence-corrected chi connectivity index (χ3v) is 4.48. The summed E-state index contributed by atoms with van der Waals surface area (Å²) in [6, 6.07) is 16.4. The standard InChI is InChI=1S/C21H23NO/c1-4-7-16(3)22-14-19(18-8-5-6-9-20(18)22)21(23)17-12-10-15(2)11-13-17/h5-6,8-14,16H,4,7H2,1-3H3. The van der Waals surface area contributed by atoms with Crippen LogP contribution < -0.4 is 0 Å². The molecule has 0 bridgehead atoms. The topological polar surface area (TPSA) is 22.0 Å². The summed E-state index contributed by atoms with van der Waals surface area (Å²) >= 11 is 0. The van der Waals surface area contributed by atoms with E-state index in [1.807, 2.05) is 55.6 Å². The fraction of sp³-hybridized carbons (Fsp3) is 0.286. The number of benzene rings is 2. The molecule has 0 radical (unpaired) electrons. The Bertz CT molecular complexity index is 827. The minimum absolute atomic E-state index is 0.101. The average Bonchev–Trinajstić information content (AvgIpc) is 2.95. The second-order valence-electron chi connectivity index (χ2n) is 6.30. The van der Waals surface area contributed by atoms with Crippen LogP contribution in [0, 0.1) is 6.92 Å². The molecule has 0 aliphatic heterocycles. The molecule has 1 unspecified atom stereocenters. The molecule has 0 saturated heterocycles. The van der Waals surface area contributed by atoms with Crippen molar-refractivity contribution in [3.8, 4) is 0 Å². The van der Waals surface area contributed by atoms with Crippen LogP contribution in [0.5, 0.6) is 0 Å². The summed E-state index contributed by atoms with van der Waals surface area (Å²) in [5, 5.41) is 1.04. The summed E-state index contributed by atoms with van der Waals surface area (Å²) in [6.07, 6.45) is 4.28. The van der Waals surface area contributed by atoms with Gasteiger partial charge >= 0.3 is 0 Å². The van der Waals surface area contributed by atoms with E-state index >= 15 is 0 Å². The van der Waals surface area contributed by atoms with Gasteiger partial charge in [-0.05, 0) is 26.3 Å². The molecule has 0 N–H and O–H groups in total. The summed E-state index contributed by atoms with van der Waals surface area (Å²) in [6.45, 7) is 6.45. The van der Waals surface area contributed by atoms with Gasteiger partial charge in [-0.15, -0.1) is 0 Å². The van der Waals surface area contributed by atoms with Crippen LogP contribution in [0.2, 0.25) is 0 Å². The molecule has 2 nitrogen and oxygen atoms in total. The van der Waals surface area contributed by atoms with Gasteiger partial charge in [0.05, 0.1) is 0 Å². The Morgan fingerprint density at radius 2 is 1.78 bits per heavy atom. The van der Waals surface area contributed by atoms with Crippen molar-refractivity contribution in [2.24, 2.45) is 0 Å². The zero-order chi connectivity index (χ0) is 16.4. The van der Waals surface area contributed by atoms with Gasteiger partial charge in [0, 0.05) is 34.3 Å². The summed E-state index contributed by atoms with van der Waals surface area (Å²) in [5.74, 6) is 0.101. The summed E-state index contributed by atoms with van der Waals surface area (Å²) < 4.78 is 2.25. The van der Waals surface area contributed by atoms with Crippen LogP contribution in [0.15, 0.2) is 54.7 Å². The molecule has 0 spiro atoms. The molecule has 0 amide bonds. The molecule has 3 aromatic rings. The number of para-hydroxylation sites is 1. The molecule has 0 fully saturated rings. The second-order valence-corrected chi connectivity index (χ2v) is 6.30. The second kappa shape index (κ2) is 6.41. The van der Waals surface area contributed by atoms with Gasteiger partial charge in [0.15, 0.2) is 5.78 Å². The van der Waals surface area contributed by atoms with E-state index in [0.29, 0.717) is 6.04 Å². The molecule has 2 aromatic carbocycles. The molecule has 0 saturated carbocycles. The number of rotatable bonds is 5. The first-order valence-electron chi connectivity index (χ1n) is 8.32. The summed E-state index contributed by atoms with van der Waals surface area (Å²) in [4.78, 5) is 13.0. The van der Waals surface area contributed by atoms with Crippen molar-refractivity contribution in [3.63, 3.8) is 0 Å². The van der Waals surface area contributed by atoms with Crippen LogP contribution in [0.1, 0.15) is 54.2 Å². The van der Waals surface area contributed by atoms with Crippen molar-refractivity contribution < 1.29 is 4.79 Å². The van der Waals surface area contributed by atoms with Crippen molar-refractivity contribution in [2.75, 3.05) is 0 Å². The number of aromatic nitrogens is 1. The Kier molecular flexibility index (Phi) is 4.33. The van der Waals surface area contributed by atoms with Gasteiger partial charge in [-0.2, -0.15) is 0 Å². The fourth-order valence-electron chi connectivity index (χ4n) is 3.17. The van der Waals surface area contributed by atoms with Crippen molar-refractivity contribution in [1.29, 1.82) is 0 Å². The lowest BCUT2D eigenvalue weighted by molar-refractivity contribution is 0.104. The third-order valence-electron chi connectivity index (χ3n) is 4.48. The first-order valence-corrected chi connectivity index (χ1v) is 8.32. The van der Waals surface area contributed by atoms with E-state index < -0.39 is 0 Å². The Balaban J connectivity index is 2.10. The highest BCUT2D eigenvalue weighted by Gasteiger charge is 2.18. The Morgan fingerprint density at radius 1 is 1.09 bits per heavy atom. The largest absolute Gasteiger partial charge is 0.344 e. The number of hydrogen-bond acceptors (Lipinski definition) is 1. The molecule has 3 rings (SSSR count). The SMILES string of the molecule is CCCC(C)n1cc(C(=O)c2ccc(C)cc2)c2ccccc21. The van der Waals surface area contributed by atoms with Crippen LogP contribution in [0.3, 0.4) is 0 Å². The smallest absolute Gasteiger partial charge is 0.195 e. The molecule has 1 heterocycles. The lowest BCUT2D eigenvalue weighted by Crippen LogP contribution is -2.04. The number of hydrogen-bond donors (Lipinski definition) is 0. The van der Waals surface area contributed by atoms with Gasteiger partial charge in [-0.1, -0.05) is 61.4 Å². The van der Waals surface area contributed by atoms with Crippen LogP contribution >= 0.6 is 0 Å². The zero-order valence-electron chi connectivity index (χ0n) is 14.0. The first kappa shape index (κ1) is 15.5. The highest BCUT2D eigenvalue weighted by atomic mass is 16.1. The highest BCUT2D eigenvalue weighted by molar-refractivity contribution is 6.16. The number of nitrogens with zero attached hydrogens (tertiary/aromatic N) is 1. The minimum atomic E-state index is 0.101. The Morgan fingerprint density at radius 3 is 2.48 bits per heavy atom. The predicted octanol–water partition coefficient (Wildman–Crippen LogP) is 5.54. The number of fused-ring (bicyclic) bond motifs is 1. The van der Waals surface area contributed by atoms with Gasteiger partial charge in [0.1, 0.15) is 0 Å². The minimum Gasteiger partial charge on any atom is -0.344 e. The van der Waals surface area contributed by atoms with E-state index in [1.165, 1.54) is 5.56 Å². The fourth-order valence-corrected chi connectivity index (χ4v) is 3.17. The summed E-state index contributed by atoms with van der Waals surface area (Å²) in [5.41, 5.74) is 3.86. The maximum absolute atomic E-state index is 13.0. The lowest BCUT2D eigenvalue weighted by atomic mass is 10.0. The van der Waals surface area contributed by atoms with E-state index in [1.54, 1.807) is 0 Å². The van der Waals surface area contributed by atoms with Crippen molar-refractivity contribution in [1.82, 2.24) is 4.57 Å². The Labute approximate surface area is 137 Å². The lowest BCUT2D eigenvalue weighted by Gasteiger charge is -2.13. The van der Waals surface area contributed by atoms with Crippen LogP contribution in [-0.2, 0) is 0 Å². The molecular weight excluding hydrogens is 282 g/mol. The van der Waals surface area contributed by atoms with Crippen molar-refractivity contribution >= 4 is 16.7 Å². The quantitative estimate of drug-likeness (QED) is 0.567. The van der Waals surface area contributed by atoms with Gasteiger partial charge < -0.3 is 4.57 Å². The monoisotopic (exact) mass is 305 g/mol.